The Morgan fingerprint density at radius 2 is 2.11 bits per heavy atom. The summed E-state index contributed by atoms with van der Waals surface area (Å²) in [5.41, 5.74) is -0.915. The number of nitrogens with one attached hydrogen (secondary N) is 1. The number of hydrogen-bond acceptors (Lipinski definition) is 7. The van der Waals surface area contributed by atoms with Crippen molar-refractivity contribution in [3.8, 4) is 16.9 Å². The van der Waals surface area contributed by atoms with Gasteiger partial charge in [0.05, 0.1) is 28.2 Å². The fourth-order valence-electron chi connectivity index (χ4n) is 2.94. The van der Waals surface area contributed by atoms with Gasteiger partial charge in [-0.1, -0.05) is 22.9 Å². The highest BCUT2D eigenvalue weighted by Gasteiger charge is 2.55. The van der Waals surface area contributed by atoms with Crippen LogP contribution in [0, 0.1) is 11.3 Å². The average molecular weight is 439 g/mol. The SMILES string of the molecule is N#CC1(NSc2cc(Cl)c3cnc(-c4nnc(C5(C(F)F)CC5)s4)n3c2)CC1. The van der Waals surface area contributed by atoms with Crippen LogP contribution in [-0.2, 0) is 5.41 Å². The van der Waals surface area contributed by atoms with Gasteiger partial charge in [0.2, 0.25) is 0 Å². The molecule has 2 saturated carbocycles. The predicted octanol–water partition coefficient (Wildman–Crippen LogP) is 4.46. The van der Waals surface area contributed by atoms with Gasteiger partial charge in [-0.3, -0.25) is 4.40 Å². The van der Waals surface area contributed by atoms with E-state index in [1.54, 1.807) is 16.7 Å². The Morgan fingerprint density at radius 1 is 1.32 bits per heavy atom. The second-order valence-corrected chi connectivity index (χ2v) is 9.39. The first-order valence-corrected chi connectivity index (χ1v) is 10.6. The zero-order valence-corrected chi connectivity index (χ0v) is 16.7. The standard InChI is InChI=1S/C17H13ClF2N6S2/c18-10-5-9(28-25-16(8-21)1-2-16)7-26-11(10)6-22-12(26)13-23-24-15(27-13)17(3-4-17)14(19)20/h5-7,14,25H,1-4H2. The third-order valence-corrected chi connectivity index (χ3v) is 7.54. The molecule has 3 aromatic heterocycles. The van der Waals surface area contributed by atoms with E-state index in [4.69, 9.17) is 11.6 Å². The van der Waals surface area contributed by atoms with Crippen molar-refractivity contribution >= 4 is 40.4 Å². The third-order valence-electron chi connectivity index (χ3n) is 5.14. The molecule has 6 nitrogen and oxygen atoms in total. The van der Waals surface area contributed by atoms with Gasteiger partial charge < -0.3 is 0 Å². The molecule has 0 bridgehead atoms. The molecule has 2 fully saturated rings. The lowest BCUT2D eigenvalue weighted by molar-refractivity contribution is 0.101. The van der Waals surface area contributed by atoms with Crippen LogP contribution in [0.2, 0.25) is 5.02 Å². The molecule has 5 rings (SSSR count). The van der Waals surface area contributed by atoms with Crippen LogP contribution in [0.15, 0.2) is 23.4 Å². The number of fused-ring (bicyclic) bond motifs is 1. The molecule has 0 aliphatic heterocycles. The molecule has 0 atom stereocenters. The Bertz CT molecular complexity index is 1110. The maximum Gasteiger partial charge on any atom is 0.250 e. The summed E-state index contributed by atoms with van der Waals surface area (Å²) in [6, 6.07) is 4.08. The van der Waals surface area contributed by atoms with Gasteiger partial charge in [0, 0.05) is 11.1 Å². The van der Waals surface area contributed by atoms with Gasteiger partial charge in [-0.05, 0) is 43.7 Å². The van der Waals surface area contributed by atoms with Gasteiger partial charge in [-0.25, -0.2) is 18.5 Å². The zero-order chi connectivity index (χ0) is 19.5. The van der Waals surface area contributed by atoms with E-state index < -0.39 is 17.4 Å². The normalized spacial score (nSPS) is 19.1. The van der Waals surface area contributed by atoms with Gasteiger partial charge in [-0.15, -0.1) is 10.2 Å². The molecule has 0 amide bonds. The van der Waals surface area contributed by atoms with E-state index in [2.05, 4.69) is 26.0 Å². The highest BCUT2D eigenvalue weighted by Crippen LogP contribution is 2.54. The molecule has 2 aliphatic rings. The quantitative estimate of drug-likeness (QED) is 0.572. The van der Waals surface area contributed by atoms with Crippen molar-refractivity contribution in [2.45, 2.75) is 48.0 Å². The smallest absolute Gasteiger partial charge is 0.250 e. The number of imidazole rings is 1. The lowest BCUT2D eigenvalue weighted by Gasteiger charge is -2.09. The molecular formula is C17H13ClF2N6S2. The minimum atomic E-state index is -2.44. The average Bonchev–Trinajstić information content (AvgIpc) is 3.56. The van der Waals surface area contributed by atoms with Gasteiger partial charge in [-0.2, -0.15) is 5.26 Å². The monoisotopic (exact) mass is 438 g/mol. The van der Waals surface area contributed by atoms with Crippen molar-refractivity contribution < 1.29 is 8.78 Å². The van der Waals surface area contributed by atoms with Crippen LogP contribution in [0.25, 0.3) is 16.3 Å². The molecule has 11 heteroatoms. The largest absolute Gasteiger partial charge is 0.295 e. The molecule has 2 aliphatic carbocycles. The number of pyridine rings is 1. The Morgan fingerprint density at radius 3 is 2.75 bits per heavy atom. The van der Waals surface area contributed by atoms with E-state index >= 15 is 0 Å². The summed E-state index contributed by atoms with van der Waals surface area (Å²) in [7, 11) is 0. The number of halogens is 3. The molecule has 0 saturated heterocycles. The minimum absolute atomic E-state index is 0.359. The van der Waals surface area contributed by atoms with E-state index in [1.807, 2.05) is 6.20 Å². The van der Waals surface area contributed by atoms with Crippen LogP contribution in [-0.4, -0.2) is 31.5 Å². The third kappa shape index (κ3) is 2.88. The fraction of sp³-hybridized carbons (Fsp3) is 0.412. The van der Waals surface area contributed by atoms with Crippen LogP contribution in [0.4, 0.5) is 8.78 Å². The summed E-state index contributed by atoms with van der Waals surface area (Å²) in [4.78, 5) is 5.20. The Kier molecular flexibility index (Phi) is 4.14. The first kappa shape index (κ1) is 18.2. The molecule has 0 unspecified atom stereocenters. The van der Waals surface area contributed by atoms with Crippen LogP contribution < -0.4 is 4.72 Å². The molecule has 3 heterocycles. The van der Waals surface area contributed by atoms with Gasteiger partial charge >= 0.3 is 0 Å². The summed E-state index contributed by atoms with van der Waals surface area (Å²) in [6.45, 7) is 0. The summed E-state index contributed by atoms with van der Waals surface area (Å²) < 4.78 is 31.7. The van der Waals surface area contributed by atoms with E-state index in [9.17, 15) is 14.0 Å². The highest BCUT2D eigenvalue weighted by atomic mass is 35.5. The Hall–Kier alpha value is -1.80. The van der Waals surface area contributed by atoms with Gasteiger partial charge in [0.1, 0.15) is 10.5 Å². The van der Waals surface area contributed by atoms with Crippen molar-refractivity contribution in [2.75, 3.05) is 0 Å². The van der Waals surface area contributed by atoms with E-state index in [0.717, 1.165) is 29.1 Å². The molecule has 0 radical (unpaired) electrons. The van der Waals surface area contributed by atoms with Crippen LogP contribution >= 0.6 is 34.9 Å². The van der Waals surface area contributed by atoms with Crippen LogP contribution in [0.3, 0.4) is 0 Å². The van der Waals surface area contributed by atoms with E-state index in [-0.39, 0.29) is 0 Å². The van der Waals surface area contributed by atoms with E-state index in [1.165, 1.54) is 11.9 Å². The van der Waals surface area contributed by atoms with E-state index in [0.29, 0.717) is 39.2 Å². The lowest BCUT2D eigenvalue weighted by Crippen LogP contribution is -2.22. The fourth-order valence-corrected chi connectivity index (χ4v) is 5.24. The second-order valence-electron chi connectivity index (χ2n) is 7.13. The number of nitriles is 1. The molecule has 28 heavy (non-hydrogen) atoms. The molecule has 144 valence electrons. The van der Waals surface area contributed by atoms with Gasteiger partial charge in [0.25, 0.3) is 6.43 Å². The molecule has 3 aromatic rings. The maximum absolute atomic E-state index is 13.4. The Balaban J connectivity index is 1.49. The number of rotatable bonds is 6. The van der Waals surface area contributed by atoms with Crippen molar-refractivity contribution in [3.63, 3.8) is 0 Å². The topological polar surface area (TPSA) is 78.9 Å². The summed E-state index contributed by atoms with van der Waals surface area (Å²) in [5, 5.41) is 18.7. The van der Waals surface area contributed by atoms with Crippen LogP contribution in [0.1, 0.15) is 30.7 Å². The maximum atomic E-state index is 13.4. The molecule has 0 spiro atoms. The zero-order valence-electron chi connectivity index (χ0n) is 14.3. The molecule has 1 N–H and O–H groups in total. The van der Waals surface area contributed by atoms with Crippen molar-refractivity contribution in [3.05, 3.63) is 28.5 Å². The van der Waals surface area contributed by atoms with Crippen LogP contribution in [0.5, 0.6) is 0 Å². The molecule has 0 aromatic carbocycles. The number of alkyl halides is 2. The first-order valence-electron chi connectivity index (χ1n) is 8.61. The summed E-state index contributed by atoms with van der Waals surface area (Å²) in [5.74, 6) is 0.509. The van der Waals surface area contributed by atoms with Crippen molar-refractivity contribution in [1.29, 1.82) is 5.26 Å². The predicted molar refractivity (Wildman–Crippen MR) is 103 cm³/mol. The number of hydrogen-bond donors (Lipinski definition) is 1. The van der Waals surface area contributed by atoms with Crippen molar-refractivity contribution in [2.24, 2.45) is 0 Å². The summed E-state index contributed by atoms with van der Waals surface area (Å²) >= 11 is 8.88. The number of nitrogens with zero attached hydrogens (tertiary/aromatic N) is 5. The first-order chi connectivity index (χ1) is 13.5. The number of aromatic nitrogens is 4. The highest BCUT2D eigenvalue weighted by molar-refractivity contribution is 7.97. The second kappa shape index (κ2) is 6.35. The molecular weight excluding hydrogens is 426 g/mol. The summed E-state index contributed by atoms with van der Waals surface area (Å²) in [6.07, 6.45) is 3.53. The van der Waals surface area contributed by atoms with Crippen molar-refractivity contribution in [1.82, 2.24) is 24.3 Å². The van der Waals surface area contributed by atoms with Gasteiger partial charge in [0.15, 0.2) is 10.8 Å². The Labute approximate surface area is 172 Å². The minimum Gasteiger partial charge on any atom is -0.295 e. The lowest BCUT2D eigenvalue weighted by atomic mass is 10.1.